The van der Waals surface area contributed by atoms with Crippen LogP contribution >= 0.6 is 23.2 Å². The van der Waals surface area contributed by atoms with Gasteiger partial charge in [0.25, 0.3) is 5.91 Å². The van der Waals surface area contributed by atoms with Crippen LogP contribution in [-0.4, -0.2) is 25.5 Å². The Kier molecular flexibility index (Phi) is 6.20. The van der Waals surface area contributed by atoms with Gasteiger partial charge < -0.3 is 10.1 Å². The highest BCUT2D eigenvalue weighted by atomic mass is 35.5. The van der Waals surface area contributed by atoms with Crippen molar-refractivity contribution >= 4 is 34.9 Å². The van der Waals surface area contributed by atoms with Crippen LogP contribution in [0, 0.1) is 5.82 Å². The molecule has 1 amide bonds. The van der Waals surface area contributed by atoms with Crippen LogP contribution < -0.4 is 10.1 Å². The Bertz CT molecular complexity index is 1210. The van der Waals surface area contributed by atoms with Crippen molar-refractivity contribution in [3.05, 3.63) is 94.1 Å². The summed E-state index contributed by atoms with van der Waals surface area (Å²) in [6, 6.07) is 14.8. The Morgan fingerprint density at radius 2 is 1.81 bits per heavy atom. The van der Waals surface area contributed by atoms with E-state index in [1.807, 2.05) is 0 Å². The first kappa shape index (κ1) is 20.9. The SMILES string of the molecule is O=C(Nc1nn(Cc2ccccc2F)cc1Cl)c1ccn(COc2ccc(Cl)cc2)n1. The Morgan fingerprint density at radius 3 is 2.58 bits per heavy atom. The van der Waals surface area contributed by atoms with Crippen molar-refractivity contribution < 1.29 is 13.9 Å². The number of benzene rings is 2. The van der Waals surface area contributed by atoms with E-state index < -0.39 is 5.91 Å². The third-order valence-electron chi connectivity index (χ3n) is 4.29. The van der Waals surface area contributed by atoms with Crippen LogP contribution in [0.4, 0.5) is 10.2 Å². The summed E-state index contributed by atoms with van der Waals surface area (Å²) in [6.07, 6.45) is 3.13. The molecule has 0 aliphatic rings. The molecule has 0 saturated heterocycles. The fourth-order valence-corrected chi connectivity index (χ4v) is 3.09. The Labute approximate surface area is 187 Å². The molecular weight excluding hydrogens is 444 g/mol. The number of aromatic nitrogens is 4. The van der Waals surface area contributed by atoms with Gasteiger partial charge in [-0.2, -0.15) is 10.2 Å². The molecule has 0 unspecified atom stereocenters. The van der Waals surface area contributed by atoms with E-state index in [9.17, 15) is 9.18 Å². The zero-order chi connectivity index (χ0) is 21.8. The van der Waals surface area contributed by atoms with Crippen molar-refractivity contribution in [2.45, 2.75) is 13.3 Å². The van der Waals surface area contributed by atoms with Gasteiger partial charge in [0.2, 0.25) is 0 Å². The fraction of sp³-hybridized carbons (Fsp3) is 0.0952. The van der Waals surface area contributed by atoms with Gasteiger partial charge in [0.15, 0.2) is 18.2 Å². The van der Waals surface area contributed by atoms with Crippen LogP contribution in [-0.2, 0) is 13.3 Å². The van der Waals surface area contributed by atoms with Gasteiger partial charge >= 0.3 is 0 Å². The second-order valence-corrected chi connectivity index (χ2v) is 7.38. The molecule has 0 fully saturated rings. The molecule has 2 aromatic heterocycles. The normalized spacial score (nSPS) is 10.8. The number of anilines is 1. The predicted octanol–water partition coefficient (Wildman–Crippen LogP) is 4.86. The number of hydrogen-bond acceptors (Lipinski definition) is 4. The molecular formula is C21H16Cl2FN5O2. The fourth-order valence-electron chi connectivity index (χ4n) is 2.76. The number of halogens is 3. The average Bonchev–Trinajstić information content (AvgIpc) is 3.36. The van der Waals surface area contributed by atoms with Gasteiger partial charge in [0.05, 0.1) is 6.54 Å². The van der Waals surface area contributed by atoms with Crippen molar-refractivity contribution in [1.82, 2.24) is 19.6 Å². The number of hydrogen-bond donors (Lipinski definition) is 1. The van der Waals surface area contributed by atoms with Crippen LogP contribution in [0.1, 0.15) is 16.1 Å². The van der Waals surface area contributed by atoms with Crippen molar-refractivity contribution in [3.8, 4) is 5.75 Å². The van der Waals surface area contributed by atoms with Gasteiger partial charge in [-0.15, -0.1) is 0 Å². The quantitative estimate of drug-likeness (QED) is 0.428. The first-order valence-electron chi connectivity index (χ1n) is 9.17. The second kappa shape index (κ2) is 9.20. The summed E-state index contributed by atoms with van der Waals surface area (Å²) in [5.41, 5.74) is 0.624. The molecule has 0 aliphatic heterocycles. The van der Waals surface area contributed by atoms with E-state index in [-0.39, 0.29) is 35.6 Å². The molecule has 7 nitrogen and oxygen atoms in total. The molecule has 0 aliphatic carbocycles. The minimum absolute atomic E-state index is 0.118. The highest BCUT2D eigenvalue weighted by Crippen LogP contribution is 2.21. The molecule has 4 rings (SSSR count). The largest absolute Gasteiger partial charge is 0.471 e. The summed E-state index contributed by atoms with van der Waals surface area (Å²) in [4.78, 5) is 12.5. The van der Waals surface area contributed by atoms with Gasteiger partial charge in [-0.1, -0.05) is 41.4 Å². The third-order valence-corrected chi connectivity index (χ3v) is 4.82. The molecule has 2 heterocycles. The van der Waals surface area contributed by atoms with Crippen LogP contribution in [0.15, 0.2) is 67.0 Å². The first-order chi connectivity index (χ1) is 15.0. The lowest BCUT2D eigenvalue weighted by Crippen LogP contribution is -2.15. The van der Waals surface area contributed by atoms with Crippen LogP contribution in [0.25, 0.3) is 0 Å². The standard InChI is InChI=1S/C21H16Cl2FN5O2/c22-15-5-7-16(8-6-15)31-13-28-10-9-19(26-28)21(30)25-20-17(23)12-29(27-20)11-14-3-1-2-4-18(14)24/h1-10,12H,11,13H2,(H,25,27,30). The zero-order valence-electron chi connectivity index (χ0n) is 16.0. The Balaban J connectivity index is 1.38. The Morgan fingerprint density at radius 1 is 1.03 bits per heavy atom. The van der Waals surface area contributed by atoms with Crippen LogP contribution in [0.3, 0.4) is 0 Å². The van der Waals surface area contributed by atoms with Gasteiger partial charge in [-0.05, 0) is 36.4 Å². The number of carbonyl (C=O) groups excluding carboxylic acids is 1. The van der Waals surface area contributed by atoms with Gasteiger partial charge in [-0.3, -0.25) is 9.48 Å². The summed E-state index contributed by atoms with van der Waals surface area (Å²) >= 11 is 12.0. The molecule has 31 heavy (non-hydrogen) atoms. The van der Waals surface area contributed by atoms with E-state index in [1.54, 1.807) is 54.7 Å². The summed E-state index contributed by atoms with van der Waals surface area (Å²) in [5, 5.41) is 11.9. The first-order valence-corrected chi connectivity index (χ1v) is 9.93. The number of nitrogens with zero attached hydrogens (tertiary/aromatic N) is 4. The zero-order valence-corrected chi connectivity index (χ0v) is 17.5. The number of amides is 1. The predicted molar refractivity (Wildman–Crippen MR) is 115 cm³/mol. The summed E-state index contributed by atoms with van der Waals surface area (Å²) in [6.45, 7) is 0.297. The van der Waals surface area contributed by atoms with E-state index in [4.69, 9.17) is 27.9 Å². The maximum absolute atomic E-state index is 13.8. The number of ether oxygens (including phenoxy) is 1. The van der Waals surface area contributed by atoms with Gasteiger partial charge in [0, 0.05) is 23.0 Å². The van der Waals surface area contributed by atoms with E-state index >= 15 is 0 Å². The van der Waals surface area contributed by atoms with E-state index in [2.05, 4.69) is 15.5 Å². The van der Waals surface area contributed by atoms with Crippen molar-refractivity contribution in [1.29, 1.82) is 0 Å². The van der Waals surface area contributed by atoms with Crippen LogP contribution in [0.2, 0.25) is 10.0 Å². The smallest absolute Gasteiger partial charge is 0.277 e. The Hall–Kier alpha value is -3.36. The molecule has 0 radical (unpaired) electrons. The number of rotatable bonds is 7. The number of carbonyl (C=O) groups is 1. The van der Waals surface area contributed by atoms with Crippen molar-refractivity contribution in [2.24, 2.45) is 0 Å². The maximum atomic E-state index is 13.8. The lowest BCUT2D eigenvalue weighted by molar-refractivity contribution is 0.101. The third kappa shape index (κ3) is 5.22. The minimum atomic E-state index is -0.483. The monoisotopic (exact) mass is 459 g/mol. The average molecular weight is 460 g/mol. The molecule has 0 bridgehead atoms. The summed E-state index contributed by atoms with van der Waals surface area (Å²) < 4.78 is 22.4. The molecule has 0 spiro atoms. The molecule has 2 aromatic carbocycles. The molecule has 0 saturated carbocycles. The highest BCUT2D eigenvalue weighted by Gasteiger charge is 2.15. The highest BCUT2D eigenvalue weighted by molar-refractivity contribution is 6.33. The molecule has 158 valence electrons. The molecule has 4 aromatic rings. The van der Waals surface area contributed by atoms with Crippen molar-refractivity contribution in [2.75, 3.05) is 5.32 Å². The van der Waals surface area contributed by atoms with E-state index in [0.29, 0.717) is 16.3 Å². The maximum Gasteiger partial charge on any atom is 0.277 e. The topological polar surface area (TPSA) is 74.0 Å². The van der Waals surface area contributed by atoms with Crippen molar-refractivity contribution in [3.63, 3.8) is 0 Å². The summed E-state index contributed by atoms with van der Waals surface area (Å²) in [5.74, 6) is -0.0394. The van der Waals surface area contributed by atoms with E-state index in [0.717, 1.165) is 0 Å². The number of nitrogens with one attached hydrogen (secondary N) is 1. The lowest BCUT2D eigenvalue weighted by Gasteiger charge is -2.06. The van der Waals surface area contributed by atoms with Gasteiger partial charge in [-0.25, -0.2) is 9.07 Å². The molecule has 1 N–H and O–H groups in total. The minimum Gasteiger partial charge on any atom is -0.471 e. The van der Waals surface area contributed by atoms with E-state index in [1.165, 1.54) is 21.6 Å². The van der Waals surface area contributed by atoms with Gasteiger partial charge in [0.1, 0.15) is 16.6 Å². The molecule has 10 heteroatoms. The van der Waals surface area contributed by atoms with Crippen LogP contribution in [0.5, 0.6) is 5.75 Å². The second-order valence-electron chi connectivity index (χ2n) is 6.54. The summed E-state index contributed by atoms with van der Waals surface area (Å²) in [7, 11) is 0. The lowest BCUT2D eigenvalue weighted by atomic mass is 10.2. The molecule has 0 atom stereocenters.